The van der Waals surface area contributed by atoms with Crippen LogP contribution in [0.15, 0.2) is 12.4 Å². The third-order valence-electron chi connectivity index (χ3n) is 1.53. The molecule has 0 aliphatic rings. The Morgan fingerprint density at radius 1 is 1.27 bits per heavy atom. The van der Waals surface area contributed by atoms with Gasteiger partial charge < -0.3 is 10.5 Å². The average Bonchev–Trinajstić information content (AvgIpc) is 2.13. The van der Waals surface area contributed by atoms with Gasteiger partial charge in [0.2, 0.25) is 0 Å². The molecule has 1 heterocycles. The molecular formula is C8H10F3N3O. The minimum Gasteiger partial charge on any atom is -0.475 e. The number of rotatable bonds is 4. The van der Waals surface area contributed by atoms with Crippen LogP contribution in [0, 0.1) is 0 Å². The van der Waals surface area contributed by atoms with Gasteiger partial charge in [-0.1, -0.05) is 0 Å². The Morgan fingerprint density at radius 3 is 2.53 bits per heavy atom. The van der Waals surface area contributed by atoms with Crippen LogP contribution in [0.4, 0.5) is 19.0 Å². The largest absolute Gasteiger partial charge is 0.475 e. The van der Waals surface area contributed by atoms with Crippen LogP contribution >= 0.6 is 0 Å². The molecule has 7 heteroatoms. The maximum atomic E-state index is 11.8. The number of anilines is 1. The van der Waals surface area contributed by atoms with Crippen LogP contribution in [0.2, 0.25) is 0 Å². The molecule has 1 rings (SSSR count). The second kappa shape index (κ2) is 4.81. The van der Waals surface area contributed by atoms with E-state index in [9.17, 15) is 13.2 Å². The fourth-order valence-electron chi connectivity index (χ4n) is 0.889. The first-order valence-electron chi connectivity index (χ1n) is 4.25. The highest BCUT2D eigenvalue weighted by Gasteiger charge is 2.26. The summed E-state index contributed by atoms with van der Waals surface area (Å²) in [5.41, 5.74) is 5.37. The lowest BCUT2D eigenvalue weighted by Gasteiger charge is -2.07. The fourth-order valence-corrected chi connectivity index (χ4v) is 0.889. The second-order valence-electron chi connectivity index (χ2n) is 2.81. The summed E-state index contributed by atoms with van der Waals surface area (Å²) in [6.45, 7) is -0.0809. The normalized spacial score (nSPS) is 11.4. The van der Waals surface area contributed by atoms with Crippen molar-refractivity contribution in [1.29, 1.82) is 0 Å². The van der Waals surface area contributed by atoms with Gasteiger partial charge in [0.25, 0.3) is 5.88 Å². The number of hydrogen-bond donors (Lipinski definition) is 1. The summed E-state index contributed by atoms with van der Waals surface area (Å²) in [4.78, 5) is 7.40. The van der Waals surface area contributed by atoms with E-state index in [0.717, 1.165) is 0 Å². The number of nitrogens with zero attached hydrogens (tertiary/aromatic N) is 2. The molecule has 0 spiro atoms. The number of halogens is 3. The first-order valence-corrected chi connectivity index (χ1v) is 4.25. The van der Waals surface area contributed by atoms with Gasteiger partial charge in [-0.2, -0.15) is 13.2 Å². The minimum absolute atomic E-state index is 0.0691. The summed E-state index contributed by atoms with van der Waals surface area (Å²) >= 11 is 0. The summed E-state index contributed by atoms with van der Waals surface area (Å²) in [6, 6.07) is 0. The van der Waals surface area contributed by atoms with Crippen molar-refractivity contribution in [3.8, 4) is 5.88 Å². The SMILES string of the molecule is Nc1nccnc1OCCCC(F)(F)F. The number of alkyl halides is 3. The van der Waals surface area contributed by atoms with Crippen molar-refractivity contribution in [2.45, 2.75) is 19.0 Å². The van der Waals surface area contributed by atoms with Crippen LogP contribution in [-0.4, -0.2) is 22.8 Å². The standard InChI is InChI=1S/C8H10F3N3O/c9-8(10,11)2-1-5-15-7-6(12)13-3-4-14-7/h3-4H,1-2,5H2,(H2,12,13). The van der Waals surface area contributed by atoms with Crippen molar-refractivity contribution in [2.75, 3.05) is 12.3 Å². The predicted molar refractivity (Wildman–Crippen MR) is 47.2 cm³/mol. The first-order chi connectivity index (χ1) is 6.99. The molecule has 1 aromatic heterocycles. The zero-order valence-corrected chi connectivity index (χ0v) is 7.79. The third-order valence-corrected chi connectivity index (χ3v) is 1.53. The Morgan fingerprint density at radius 2 is 1.93 bits per heavy atom. The predicted octanol–water partition coefficient (Wildman–Crippen LogP) is 1.78. The van der Waals surface area contributed by atoms with E-state index in [2.05, 4.69) is 9.97 Å². The van der Waals surface area contributed by atoms with Crippen LogP contribution < -0.4 is 10.5 Å². The Kier molecular flexibility index (Phi) is 3.70. The van der Waals surface area contributed by atoms with Crippen molar-refractivity contribution >= 4 is 5.82 Å². The smallest absolute Gasteiger partial charge is 0.389 e. The Balaban J connectivity index is 2.30. The van der Waals surface area contributed by atoms with E-state index in [1.165, 1.54) is 12.4 Å². The van der Waals surface area contributed by atoms with Gasteiger partial charge in [-0.25, -0.2) is 9.97 Å². The van der Waals surface area contributed by atoms with Gasteiger partial charge >= 0.3 is 6.18 Å². The van der Waals surface area contributed by atoms with Gasteiger partial charge in [-0.3, -0.25) is 0 Å². The number of ether oxygens (including phenoxy) is 1. The quantitative estimate of drug-likeness (QED) is 0.787. The fraction of sp³-hybridized carbons (Fsp3) is 0.500. The van der Waals surface area contributed by atoms with E-state index in [0.29, 0.717) is 0 Å². The van der Waals surface area contributed by atoms with Crippen LogP contribution in [0.1, 0.15) is 12.8 Å². The van der Waals surface area contributed by atoms with E-state index < -0.39 is 12.6 Å². The van der Waals surface area contributed by atoms with Crippen LogP contribution in [0.25, 0.3) is 0 Å². The van der Waals surface area contributed by atoms with Gasteiger partial charge in [-0.15, -0.1) is 0 Å². The molecular weight excluding hydrogens is 211 g/mol. The average molecular weight is 221 g/mol. The molecule has 0 aliphatic heterocycles. The lowest BCUT2D eigenvalue weighted by Crippen LogP contribution is -2.10. The molecule has 0 amide bonds. The van der Waals surface area contributed by atoms with Gasteiger partial charge in [0.15, 0.2) is 5.82 Å². The number of hydrogen-bond acceptors (Lipinski definition) is 4. The molecule has 15 heavy (non-hydrogen) atoms. The van der Waals surface area contributed by atoms with Crippen LogP contribution in [0.3, 0.4) is 0 Å². The van der Waals surface area contributed by atoms with Crippen LogP contribution in [0.5, 0.6) is 5.88 Å². The van der Waals surface area contributed by atoms with Gasteiger partial charge in [0.05, 0.1) is 6.61 Å². The first kappa shape index (κ1) is 11.5. The second-order valence-corrected chi connectivity index (χ2v) is 2.81. The molecule has 4 nitrogen and oxygen atoms in total. The van der Waals surface area contributed by atoms with Crippen LogP contribution in [-0.2, 0) is 0 Å². The van der Waals surface area contributed by atoms with Crippen molar-refractivity contribution in [2.24, 2.45) is 0 Å². The summed E-state index contributed by atoms with van der Waals surface area (Å²) in [5.74, 6) is 0.143. The maximum Gasteiger partial charge on any atom is 0.389 e. The zero-order chi connectivity index (χ0) is 11.3. The van der Waals surface area contributed by atoms with E-state index in [1.807, 2.05) is 0 Å². The molecule has 2 N–H and O–H groups in total. The van der Waals surface area contributed by atoms with Crippen molar-refractivity contribution in [3.05, 3.63) is 12.4 Å². The highest BCUT2D eigenvalue weighted by atomic mass is 19.4. The zero-order valence-electron chi connectivity index (χ0n) is 7.79. The molecule has 0 aliphatic carbocycles. The Labute approximate surface area is 84.3 Å². The van der Waals surface area contributed by atoms with Gasteiger partial charge in [0.1, 0.15) is 0 Å². The summed E-state index contributed by atoms with van der Waals surface area (Å²) in [6.07, 6.45) is -2.43. The molecule has 0 fully saturated rings. The Hall–Kier alpha value is -1.53. The summed E-state index contributed by atoms with van der Waals surface area (Å²) in [5, 5.41) is 0. The van der Waals surface area contributed by atoms with Gasteiger partial charge in [0, 0.05) is 18.8 Å². The molecule has 0 saturated carbocycles. The topological polar surface area (TPSA) is 61.0 Å². The molecule has 0 unspecified atom stereocenters. The number of nitrogen functional groups attached to an aromatic ring is 1. The van der Waals surface area contributed by atoms with E-state index in [1.54, 1.807) is 0 Å². The molecule has 84 valence electrons. The Bertz CT molecular complexity index is 316. The van der Waals surface area contributed by atoms with E-state index in [4.69, 9.17) is 10.5 Å². The number of nitrogens with two attached hydrogens (primary N) is 1. The monoisotopic (exact) mass is 221 g/mol. The molecule has 0 atom stereocenters. The molecule has 0 saturated heterocycles. The van der Waals surface area contributed by atoms with Gasteiger partial charge in [-0.05, 0) is 6.42 Å². The molecule has 0 radical (unpaired) electrons. The maximum absolute atomic E-state index is 11.8. The highest BCUT2D eigenvalue weighted by Crippen LogP contribution is 2.21. The van der Waals surface area contributed by atoms with Crippen molar-refractivity contribution in [3.63, 3.8) is 0 Å². The third kappa shape index (κ3) is 4.48. The summed E-state index contributed by atoms with van der Waals surface area (Å²) in [7, 11) is 0. The van der Waals surface area contributed by atoms with Crippen molar-refractivity contribution < 1.29 is 17.9 Å². The number of aromatic nitrogens is 2. The molecule has 0 aromatic carbocycles. The molecule has 1 aromatic rings. The van der Waals surface area contributed by atoms with E-state index >= 15 is 0 Å². The molecule has 0 bridgehead atoms. The van der Waals surface area contributed by atoms with Crippen molar-refractivity contribution in [1.82, 2.24) is 9.97 Å². The van der Waals surface area contributed by atoms with E-state index in [-0.39, 0.29) is 24.7 Å². The summed E-state index contributed by atoms with van der Waals surface area (Å²) < 4.78 is 40.2. The lowest BCUT2D eigenvalue weighted by atomic mass is 10.3. The minimum atomic E-state index is -4.16. The lowest BCUT2D eigenvalue weighted by molar-refractivity contribution is -0.136. The highest BCUT2D eigenvalue weighted by molar-refractivity contribution is 5.38.